The van der Waals surface area contributed by atoms with Crippen LogP contribution in [0.2, 0.25) is 0 Å². The smallest absolute Gasteiger partial charge is 0.123 e. The van der Waals surface area contributed by atoms with Gasteiger partial charge in [0.1, 0.15) is 5.75 Å². The van der Waals surface area contributed by atoms with Crippen molar-refractivity contribution in [2.75, 3.05) is 26.2 Å². The highest BCUT2D eigenvalue weighted by Crippen LogP contribution is 2.32. The first-order valence-electron chi connectivity index (χ1n) is 11.8. The third-order valence-corrected chi connectivity index (χ3v) is 5.44. The molecular weight excluding hydrogens is 342 g/mol. The van der Waals surface area contributed by atoms with Gasteiger partial charge in [-0.25, -0.2) is 0 Å². The number of unbranched alkanes of at least 4 members (excludes halogenated alkanes) is 6. The van der Waals surface area contributed by atoms with E-state index >= 15 is 0 Å². The number of nitrogens with zero attached hydrogens (tertiary/aromatic N) is 1. The number of rotatable bonds is 15. The van der Waals surface area contributed by atoms with Gasteiger partial charge in [0, 0.05) is 0 Å². The van der Waals surface area contributed by atoms with Crippen molar-refractivity contribution in [3.63, 3.8) is 0 Å². The maximum atomic E-state index is 6.14. The molecule has 0 saturated carbocycles. The van der Waals surface area contributed by atoms with Crippen LogP contribution in [0.4, 0.5) is 0 Å². The predicted molar refractivity (Wildman–Crippen MR) is 125 cm³/mol. The van der Waals surface area contributed by atoms with Crippen LogP contribution in [0, 0.1) is 6.92 Å². The maximum absolute atomic E-state index is 6.14. The van der Waals surface area contributed by atoms with Gasteiger partial charge in [-0.1, -0.05) is 84.4 Å². The van der Waals surface area contributed by atoms with E-state index in [1.807, 2.05) is 0 Å². The highest BCUT2D eigenvalue weighted by Gasteiger charge is 2.19. The fourth-order valence-electron chi connectivity index (χ4n) is 3.72. The number of hydrogen-bond donors (Lipinski definition) is 0. The monoisotopic (exact) mass is 389 g/mol. The minimum Gasteiger partial charge on any atom is -0.493 e. The van der Waals surface area contributed by atoms with Crippen LogP contribution in [-0.4, -0.2) is 31.1 Å². The second-order valence-electron chi connectivity index (χ2n) is 9.41. The van der Waals surface area contributed by atoms with Crippen LogP contribution >= 0.6 is 0 Å². The van der Waals surface area contributed by atoms with Crippen molar-refractivity contribution in [2.45, 2.75) is 105 Å². The van der Waals surface area contributed by atoms with Crippen LogP contribution in [0.25, 0.3) is 0 Å². The molecule has 0 saturated heterocycles. The zero-order valence-corrected chi connectivity index (χ0v) is 19.8. The van der Waals surface area contributed by atoms with Gasteiger partial charge < -0.3 is 9.64 Å². The quantitative estimate of drug-likeness (QED) is 0.287. The summed E-state index contributed by atoms with van der Waals surface area (Å²) in [6.07, 6.45) is 11.8. The molecule has 0 aromatic heterocycles. The lowest BCUT2D eigenvalue weighted by molar-refractivity contribution is 0.262. The van der Waals surface area contributed by atoms with E-state index in [9.17, 15) is 0 Å². The molecule has 1 aromatic carbocycles. The Hall–Kier alpha value is -1.02. The first kappa shape index (κ1) is 25.0. The highest BCUT2D eigenvalue weighted by atomic mass is 16.5. The summed E-state index contributed by atoms with van der Waals surface area (Å²) in [4.78, 5) is 2.66. The van der Waals surface area contributed by atoms with Gasteiger partial charge in [0.25, 0.3) is 0 Å². The highest BCUT2D eigenvalue weighted by molar-refractivity contribution is 5.41. The van der Waals surface area contributed by atoms with Gasteiger partial charge in [0.15, 0.2) is 0 Å². The summed E-state index contributed by atoms with van der Waals surface area (Å²) in [5, 5.41) is 0. The van der Waals surface area contributed by atoms with Crippen LogP contribution in [0.15, 0.2) is 18.2 Å². The van der Waals surface area contributed by atoms with Crippen molar-refractivity contribution >= 4 is 0 Å². The summed E-state index contributed by atoms with van der Waals surface area (Å²) in [6, 6.07) is 6.58. The summed E-state index contributed by atoms with van der Waals surface area (Å²) in [7, 11) is 0. The van der Waals surface area contributed by atoms with Crippen molar-refractivity contribution in [1.82, 2.24) is 4.90 Å². The van der Waals surface area contributed by atoms with Crippen molar-refractivity contribution in [2.24, 2.45) is 0 Å². The third kappa shape index (κ3) is 10.5. The Balaban J connectivity index is 2.15. The van der Waals surface area contributed by atoms with E-state index in [-0.39, 0.29) is 5.41 Å². The summed E-state index contributed by atoms with van der Waals surface area (Å²) >= 11 is 0. The minimum atomic E-state index is 0.129. The zero-order valence-electron chi connectivity index (χ0n) is 19.8. The van der Waals surface area contributed by atoms with Gasteiger partial charge in [0.05, 0.1) is 6.61 Å². The van der Waals surface area contributed by atoms with E-state index in [1.54, 1.807) is 0 Å². The van der Waals surface area contributed by atoms with E-state index in [0.29, 0.717) is 0 Å². The summed E-state index contributed by atoms with van der Waals surface area (Å²) in [6.45, 7) is 18.2. The molecule has 0 spiro atoms. The van der Waals surface area contributed by atoms with E-state index in [4.69, 9.17) is 4.74 Å². The van der Waals surface area contributed by atoms with E-state index in [1.165, 1.54) is 82.1 Å². The molecule has 0 unspecified atom stereocenters. The summed E-state index contributed by atoms with van der Waals surface area (Å²) in [5.41, 5.74) is 2.76. The van der Waals surface area contributed by atoms with Gasteiger partial charge in [0.2, 0.25) is 0 Å². The van der Waals surface area contributed by atoms with Crippen molar-refractivity contribution in [3.05, 3.63) is 29.3 Å². The Kier molecular flexibility index (Phi) is 12.5. The molecular formula is C26H47NO. The van der Waals surface area contributed by atoms with Gasteiger partial charge in [-0.3, -0.25) is 0 Å². The molecule has 2 nitrogen and oxygen atoms in total. The fourth-order valence-corrected chi connectivity index (χ4v) is 3.72. The van der Waals surface area contributed by atoms with Gasteiger partial charge in [-0.2, -0.15) is 0 Å². The zero-order chi connectivity index (χ0) is 20.8. The van der Waals surface area contributed by atoms with Crippen molar-refractivity contribution in [3.8, 4) is 5.75 Å². The third-order valence-electron chi connectivity index (χ3n) is 5.44. The summed E-state index contributed by atoms with van der Waals surface area (Å²) in [5.74, 6) is 1.07. The number of aryl methyl sites for hydroxylation is 1. The lowest BCUT2D eigenvalue weighted by atomic mass is 9.85. The van der Waals surface area contributed by atoms with Crippen LogP contribution in [-0.2, 0) is 5.41 Å². The Morgan fingerprint density at radius 3 is 2.07 bits per heavy atom. The second kappa shape index (κ2) is 14.0. The average molecular weight is 390 g/mol. The minimum absolute atomic E-state index is 0.129. The predicted octanol–water partition coefficient (Wildman–Crippen LogP) is 7.52. The van der Waals surface area contributed by atoms with E-state index < -0.39 is 0 Å². The van der Waals surface area contributed by atoms with E-state index in [2.05, 4.69) is 64.6 Å². The SMILES string of the molecule is CCCCN(CCC)CCCCCCCCOc1ccc(C)cc1C(C)(C)C. The first-order valence-corrected chi connectivity index (χ1v) is 11.8. The van der Waals surface area contributed by atoms with Crippen molar-refractivity contribution < 1.29 is 4.74 Å². The maximum Gasteiger partial charge on any atom is 0.123 e. The Morgan fingerprint density at radius 2 is 1.43 bits per heavy atom. The van der Waals surface area contributed by atoms with Crippen molar-refractivity contribution in [1.29, 1.82) is 0 Å². The Bertz CT molecular complexity index is 518. The number of hydrogen-bond acceptors (Lipinski definition) is 2. The van der Waals surface area contributed by atoms with E-state index in [0.717, 1.165) is 18.8 Å². The van der Waals surface area contributed by atoms with Crippen LogP contribution in [0.3, 0.4) is 0 Å². The van der Waals surface area contributed by atoms with Crippen LogP contribution in [0.5, 0.6) is 5.75 Å². The van der Waals surface area contributed by atoms with Crippen LogP contribution in [0.1, 0.15) is 104 Å². The first-order chi connectivity index (χ1) is 13.4. The van der Waals surface area contributed by atoms with Gasteiger partial charge >= 0.3 is 0 Å². The lowest BCUT2D eigenvalue weighted by Gasteiger charge is -2.23. The molecule has 0 bridgehead atoms. The molecule has 28 heavy (non-hydrogen) atoms. The molecule has 0 radical (unpaired) electrons. The molecule has 0 atom stereocenters. The molecule has 0 aliphatic rings. The van der Waals surface area contributed by atoms with Gasteiger partial charge in [-0.05, 0) is 69.3 Å². The molecule has 0 aliphatic heterocycles. The molecule has 1 rings (SSSR count). The largest absolute Gasteiger partial charge is 0.493 e. The number of ether oxygens (including phenoxy) is 1. The molecule has 0 N–H and O–H groups in total. The Morgan fingerprint density at radius 1 is 0.786 bits per heavy atom. The molecule has 0 heterocycles. The normalized spacial score (nSPS) is 12.0. The Labute approximate surface area is 176 Å². The topological polar surface area (TPSA) is 12.5 Å². The fraction of sp³-hybridized carbons (Fsp3) is 0.769. The molecule has 2 heteroatoms. The lowest BCUT2D eigenvalue weighted by Crippen LogP contribution is -2.26. The second-order valence-corrected chi connectivity index (χ2v) is 9.41. The number of benzene rings is 1. The molecule has 0 fully saturated rings. The molecule has 162 valence electrons. The summed E-state index contributed by atoms with van der Waals surface area (Å²) < 4.78 is 6.14. The molecule has 1 aromatic rings. The average Bonchev–Trinajstić information content (AvgIpc) is 2.64. The standard InChI is InChI=1S/C26H47NO/c1-7-9-19-27(18-8-2)20-14-12-10-11-13-15-21-28-25-17-16-23(3)22-24(25)26(4,5)6/h16-17,22H,7-15,18-21H2,1-6H3. The molecule has 0 amide bonds. The van der Waals surface area contributed by atoms with Gasteiger partial charge in [-0.15, -0.1) is 0 Å². The van der Waals surface area contributed by atoms with Crippen LogP contribution < -0.4 is 4.74 Å². The molecule has 0 aliphatic carbocycles.